The third kappa shape index (κ3) is 5.12. The summed E-state index contributed by atoms with van der Waals surface area (Å²) in [5.74, 6) is -0.413. The van der Waals surface area contributed by atoms with Crippen LogP contribution in [0.5, 0.6) is 11.5 Å². The monoisotopic (exact) mass is 536 g/mol. The van der Waals surface area contributed by atoms with E-state index in [2.05, 4.69) is 10.6 Å². The Kier molecular flexibility index (Phi) is 6.78. The maximum Gasteiger partial charge on any atom is 0.261 e. The maximum absolute atomic E-state index is 13.6. The summed E-state index contributed by atoms with van der Waals surface area (Å²) >= 11 is 11.7. The average Bonchev–Trinajstić information content (AvgIpc) is 2.86. The predicted molar refractivity (Wildman–Crippen MR) is 132 cm³/mol. The van der Waals surface area contributed by atoms with Gasteiger partial charge < -0.3 is 25.2 Å². The van der Waals surface area contributed by atoms with E-state index in [1.165, 1.54) is 12.1 Å². The molecule has 2 amide bonds. The summed E-state index contributed by atoms with van der Waals surface area (Å²) in [5, 5.41) is 17.3. The number of carbonyl (C=O) groups excluding carboxylic acids is 2. The van der Waals surface area contributed by atoms with E-state index in [4.69, 9.17) is 32.7 Å². The molecule has 192 valence electrons. The van der Waals surface area contributed by atoms with Crippen molar-refractivity contribution in [1.29, 1.82) is 0 Å². The molecule has 0 spiro atoms. The minimum absolute atomic E-state index is 0.00775. The van der Waals surface area contributed by atoms with Crippen molar-refractivity contribution < 1.29 is 28.6 Å². The first-order valence-electron chi connectivity index (χ1n) is 12.0. The lowest BCUT2D eigenvalue weighted by atomic mass is 9.61. The molecule has 6 rings (SSSR count). The number of aliphatic hydroxyl groups excluding tert-OH is 1. The Balaban J connectivity index is 1.14. The highest BCUT2D eigenvalue weighted by atomic mass is 35.5. The lowest BCUT2D eigenvalue weighted by molar-refractivity contribution is -0.135. The molecule has 2 atom stereocenters. The van der Waals surface area contributed by atoms with Crippen LogP contribution in [-0.2, 0) is 9.59 Å². The summed E-state index contributed by atoms with van der Waals surface area (Å²) in [7, 11) is 0. The van der Waals surface area contributed by atoms with Gasteiger partial charge in [-0.25, -0.2) is 4.39 Å². The molecule has 2 bridgehead atoms. The maximum atomic E-state index is 13.6. The molecule has 2 aromatic carbocycles. The number of aliphatic hydroxyl groups is 1. The predicted octanol–water partition coefficient (Wildman–Crippen LogP) is 4.47. The number of halogens is 3. The highest BCUT2D eigenvalue weighted by Gasteiger charge is 2.50. The van der Waals surface area contributed by atoms with Crippen molar-refractivity contribution in [3.63, 3.8) is 0 Å². The Hall–Kier alpha value is -2.55. The third-order valence-electron chi connectivity index (χ3n) is 7.63. The number of ether oxygens (including phenoxy) is 2. The van der Waals surface area contributed by atoms with Gasteiger partial charge in [0.25, 0.3) is 11.8 Å². The Labute approximate surface area is 218 Å². The minimum atomic E-state index is -0.826. The molecule has 3 aliphatic carbocycles. The summed E-state index contributed by atoms with van der Waals surface area (Å²) < 4.78 is 24.9. The second-order valence-corrected chi connectivity index (χ2v) is 10.8. The van der Waals surface area contributed by atoms with Gasteiger partial charge in [0.05, 0.1) is 11.1 Å². The fraction of sp³-hybridized carbons (Fsp3) is 0.462. The number of carbonyl (C=O) groups is 2. The molecule has 1 heterocycles. The van der Waals surface area contributed by atoms with Crippen LogP contribution in [0.4, 0.5) is 4.39 Å². The molecule has 4 aliphatic rings. The largest absolute Gasteiger partial charge is 0.484 e. The van der Waals surface area contributed by atoms with Gasteiger partial charge in [-0.2, -0.15) is 0 Å². The molecule has 2 unspecified atom stereocenters. The summed E-state index contributed by atoms with van der Waals surface area (Å²) in [4.78, 5) is 25.7. The normalized spacial score (nSPS) is 28.6. The molecular weight excluding hydrogens is 510 g/mol. The SMILES string of the molecule is O=C(COc1ccc(Cl)c(F)c1)NC12CCC(NC(=O)C3CC(O)c4cc(Cl)ccc4O3)(CC1)CC2. The molecular formula is C26H27Cl2FN2O5. The Morgan fingerprint density at radius 1 is 1.03 bits per heavy atom. The van der Waals surface area contributed by atoms with E-state index in [1.807, 2.05) is 0 Å². The van der Waals surface area contributed by atoms with Crippen LogP contribution in [0.2, 0.25) is 10.0 Å². The molecule has 1 aliphatic heterocycles. The van der Waals surface area contributed by atoms with Crippen molar-refractivity contribution >= 4 is 35.0 Å². The van der Waals surface area contributed by atoms with Gasteiger partial charge in [-0.3, -0.25) is 9.59 Å². The number of nitrogens with one attached hydrogen (secondary N) is 2. The Morgan fingerprint density at radius 3 is 2.36 bits per heavy atom. The van der Waals surface area contributed by atoms with E-state index in [9.17, 15) is 19.1 Å². The van der Waals surface area contributed by atoms with Crippen LogP contribution in [0.1, 0.15) is 56.6 Å². The molecule has 3 N–H and O–H groups in total. The first-order valence-corrected chi connectivity index (χ1v) is 12.8. The Morgan fingerprint density at radius 2 is 1.69 bits per heavy atom. The van der Waals surface area contributed by atoms with E-state index >= 15 is 0 Å². The van der Waals surface area contributed by atoms with Crippen molar-refractivity contribution in [3.05, 3.63) is 57.8 Å². The highest BCUT2D eigenvalue weighted by Crippen LogP contribution is 2.47. The van der Waals surface area contributed by atoms with E-state index < -0.39 is 18.0 Å². The fourth-order valence-corrected chi connectivity index (χ4v) is 5.83. The quantitative estimate of drug-likeness (QED) is 0.505. The first kappa shape index (κ1) is 25.1. The summed E-state index contributed by atoms with van der Waals surface area (Å²) in [6.07, 6.45) is 2.90. The van der Waals surface area contributed by atoms with Gasteiger partial charge in [0.2, 0.25) is 0 Å². The topological polar surface area (TPSA) is 96.9 Å². The van der Waals surface area contributed by atoms with Gasteiger partial charge in [0, 0.05) is 34.2 Å². The summed E-state index contributed by atoms with van der Waals surface area (Å²) in [6, 6.07) is 9.04. The van der Waals surface area contributed by atoms with Crippen molar-refractivity contribution in [1.82, 2.24) is 10.6 Å². The zero-order valence-electron chi connectivity index (χ0n) is 19.5. The Bertz CT molecular complexity index is 1170. The van der Waals surface area contributed by atoms with Crippen LogP contribution in [0.3, 0.4) is 0 Å². The number of amides is 2. The lowest BCUT2D eigenvalue weighted by Crippen LogP contribution is -2.65. The second kappa shape index (κ2) is 9.72. The molecule has 10 heteroatoms. The van der Waals surface area contributed by atoms with E-state index in [0.717, 1.165) is 44.6 Å². The van der Waals surface area contributed by atoms with Crippen molar-refractivity contribution in [2.75, 3.05) is 6.61 Å². The van der Waals surface area contributed by atoms with E-state index in [1.54, 1.807) is 18.2 Å². The standard InChI is InChI=1S/C26H27Cl2FN2O5/c27-15-1-4-21-17(11-15)20(32)13-22(36-21)24(34)31-26-8-5-25(6-9-26,7-10-26)30-23(33)14-35-16-2-3-18(28)19(29)12-16/h1-4,11-12,20,22,32H,5-10,13-14H2,(H,30,33)(H,31,34). The van der Waals surface area contributed by atoms with Crippen LogP contribution in [0, 0.1) is 5.82 Å². The molecule has 2 aromatic rings. The summed E-state index contributed by atoms with van der Waals surface area (Å²) in [6.45, 7) is -0.223. The van der Waals surface area contributed by atoms with Gasteiger partial charge >= 0.3 is 0 Å². The van der Waals surface area contributed by atoms with Crippen molar-refractivity contribution in [2.45, 2.75) is 68.2 Å². The van der Waals surface area contributed by atoms with E-state index in [0.29, 0.717) is 16.3 Å². The van der Waals surface area contributed by atoms with Crippen molar-refractivity contribution in [3.8, 4) is 11.5 Å². The first-order chi connectivity index (χ1) is 17.2. The summed E-state index contributed by atoms with van der Waals surface area (Å²) in [5.41, 5.74) is -0.102. The smallest absolute Gasteiger partial charge is 0.261 e. The lowest BCUT2D eigenvalue weighted by Gasteiger charge is -2.54. The third-order valence-corrected chi connectivity index (χ3v) is 8.17. The van der Waals surface area contributed by atoms with Gasteiger partial charge in [0.15, 0.2) is 12.7 Å². The fourth-order valence-electron chi connectivity index (χ4n) is 5.53. The van der Waals surface area contributed by atoms with Crippen molar-refractivity contribution in [2.24, 2.45) is 0 Å². The zero-order valence-corrected chi connectivity index (χ0v) is 21.0. The second-order valence-electron chi connectivity index (χ2n) is 10.0. The number of hydrogen-bond acceptors (Lipinski definition) is 5. The number of fused-ring (bicyclic) bond motifs is 4. The van der Waals surface area contributed by atoms with Crippen LogP contribution < -0.4 is 20.1 Å². The number of rotatable bonds is 6. The van der Waals surface area contributed by atoms with Gasteiger partial charge in [-0.05, 0) is 68.9 Å². The average molecular weight is 537 g/mol. The van der Waals surface area contributed by atoms with Crippen LogP contribution in [-0.4, -0.2) is 40.7 Å². The molecule has 0 aromatic heterocycles. The number of hydrogen-bond donors (Lipinski definition) is 3. The zero-order chi connectivity index (χ0) is 25.5. The van der Waals surface area contributed by atoms with E-state index in [-0.39, 0.29) is 46.7 Å². The van der Waals surface area contributed by atoms with Crippen LogP contribution in [0.25, 0.3) is 0 Å². The van der Waals surface area contributed by atoms with Crippen LogP contribution in [0.15, 0.2) is 36.4 Å². The molecule has 36 heavy (non-hydrogen) atoms. The number of benzene rings is 2. The highest BCUT2D eigenvalue weighted by molar-refractivity contribution is 6.31. The van der Waals surface area contributed by atoms with Gasteiger partial charge in [-0.15, -0.1) is 0 Å². The molecule has 0 radical (unpaired) electrons. The molecule has 7 nitrogen and oxygen atoms in total. The van der Waals surface area contributed by atoms with Gasteiger partial charge in [0.1, 0.15) is 17.3 Å². The molecule has 3 fully saturated rings. The molecule has 0 saturated heterocycles. The van der Waals surface area contributed by atoms with Crippen LogP contribution >= 0.6 is 23.2 Å². The minimum Gasteiger partial charge on any atom is -0.484 e. The van der Waals surface area contributed by atoms with Gasteiger partial charge in [-0.1, -0.05) is 23.2 Å². The molecule has 3 saturated carbocycles.